The summed E-state index contributed by atoms with van der Waals surface area (Å²) in [7, 11) is 0. The van der Waals surface area contributed by atoms with Gasteiger partial charge in [0, 0.05) is 5.56 Å². The molecule has 0 fully saturated rings. The van der Waals surface area contributed by atoms with Gasteiger partial charge in [-0.15, -0.1) is 0 Å². The third-order valence-corrected chi connectivity index (χ3v) is 4.68. The van der Waals surface area contributed by atoms with Crippen LogP contribution in [0.1, 0.15) is 52.6 Å². The molecule has 0 saturated carbocycles. The third kappa shape index (κ3) is 5.92. The maximum absolute atomic E-state index is 12.7. The summed E-state index contributed by atoms with van der Waals surface area (Å²) in [5.41, 5.74) is 2.64. The molecule has 0 unspecified atom stereocenters. The van der Waals surface area contributed by atoms with Gasteiger partial charge in [-0.2, -0.15) is 0 Å². The van der Waals surface area contributed by atoms with Crippen LogP contribution in [-0.4, -0.2) is 36.9 Å². The molecule has 0 radical (unpaired) electrons. The van der Waals surface area contributed by atoms with Crippen LogP contribution in [0.4, 0.5) is 0 Å². The quantitative estimate of drug-likeness (QED) is 0.500. The Morgan fingerprint density at radius 2 is 1.70 bits per heavy atom. The molecule has 0 aliphatic carbocycles. The van der Waals surface area contributed by atoms with E-state index in [0.29, 0.717) is 23.5 Å². The van der Waals surface area contributed by atoms with Gasteiger partial charge >= 0.3 is 5.97 Å². The molecule has 0 aliphatic heterocycles. The highest BCUT2D eigenvalue weighted by Crippen LogP contribution is 2.19. The van der Waals surface area contributed by atoms with E-state index in [1.165, 1.54) is 0 Å². The number of rotatable bonds is 9. The maximum atomic E-state index is 12.7. The standard InChI is InChI=1S/C24H29NO5/c1-6-29-21-10-8-7-9-18(21)23(27)25-22(15(2)3)24(28)30-14-20(26)19-13-16(4)11-12-17(19)5/h7-13,15,22H,6,14H2,1-5H3,(H,25,27)/t22-/m0/s1. The van der Waals surface area contributed by atoms with Gasteiger partial charge in [0.15, 0.2) is 6.61 Å². The largest absolute Gasteiger partial charge is 0.493 e. The Hall–Kier alpha value is -3.15. The summed E-state index contributed by atoms with van der Waals surface area (Å²) >= 11 is 0. The third-order valence-electron chi connectivity index (χ3n) is 4.68. The zero-order valence-electron chi connectivity index (χ0n) is 18.2. The number of nitrogens with one attached hydrogen (secondary N) is 1. The summed E-state index contributed by atoms with van der Waals surface area (Å²) in [6, 6.07) is 11.5. The van der Waals surface area contributed by atoms with Crippen molar-refractivity contribution in [2.45, 2.75) is 40.7 Å². The normalized spacial score (nSPS) is 11.7. The molecule has 30 heavy (non-hydrogen) atoms. The van der Waals surface area contributed by atoms with Crippen LogP contribution < -0.4 is 10.1 Å². The lowest BCUT2D eigenvalue weighted by atomic mass is 10.0. The van der Waals surface area contributed by atoms with Gasteiger partial charge < -0.3 is 14.8 Å². The maximum Gasteiger partial charge on any atom is 0.329 e. The number of carbonyl (C=O) groups is 3. The minimum atomic E-state index is -0.890. The second-order valence-electron chi connectivity index (χ2n) is 7.47. The predicted octanol–water partition coefficient (Wildman–Crippen LogP) is 3.88. The molecule has 6 heteroatoms. The lowest BCUT2D eigenvalue weighted by Crippen LogP contribution is -2.45. The predicted molar refractivity (Wildman–Crippen MR) is 115 cm³/mol. The van der Waals surface area contributed by atoms with Gasteiger partial charge in [0.05, 0.1) is 12.2 Å². The number of carbonyl (C=O) groups excluding carboxylic acids is 3. The molecule has 1 atom stereocenters. The topological polar surface area (TPSA) is 81.7 Å². The number of benzene rings is 2. The van der Waals surface area contributed by atoms with Crippen LogP contribution in [0, 0.1) is 19.8 Å². The van der Waals surface area contributed by atoms with Crippen LogP contribution in [0.15, 0.2) is 42.5 Å². The van der Waals surface area contributed by atoms with E-state index < -0.39 is 17.9 Å². The number of Topliss-reactive ketones (excluding diaryl/α,β-unsaturated/α-hetero) is 1. The zero-order chi connectivity index (χ0) is 22.3. The molecule has 0 spiro atoms. The van der Waals surface area contributed by atoms with Gasteiger partial charge in [0.25, 0.3) is 5.91 Å². The first-order valence-electron chi connectivity index (χ1n) is 10.0. The molecule has 1 amide bonds. The molecule has 0 heterocycles. The van der Waals surface area contributed by atoms with E-state index in [1.54, 1.807) is 44.2 Å². The summed E-state index contributed by atoms with van der Waals surface area (Å²) in [4.78, 5) is 37.9. The molecule has 0 aromatic heterocycles. The molecular weight excluding hydrogens is 382 g/mol. The molecule has 0 saturated heterocycles. The van der Waals surface area contributed by atoms with E-state index in [0.717, 1.165) is 11.1 Å². The van der Waals surface area contributed by atoms with Crippen LogP contribution in [0.5, 0.6) is 5.75 Å². The van der Waals surface area contributed by atoms with Crippen molar-refractivity contribution in [3.8, 4) is 5.75 Å². The number of para-hydroxylation sites is 1. The van der Waals surface area contributed by atoms with Gasteiger partial charge in [0.1, 0.15) is 11.8 Å². The van der Waals surface area contributed by atoms with Crippen LogP contribution in [0.25, 0.3) is 0 Å². The van der Waals surface area contributed by atoms with E-state index in [9.17, 15) is 14.4 Å². The summed E-state index contributed by atoms with van der Waals surface area (Å²) in [6.45, 7) is 9.20. The molecule has 2 aromatic carbocycles. The molecule has 0 aliphatic rings. The lowest BCUT2D eigenvalue weighted by molar-refractivity contribution is -0.145. The number of aryl methyl sites for hydroxylation is 2. The van der Waals surface area contributed by atoms with Crippen molar-refractivity contribution < 1.29 is 23.9 Å². The Balaban J connectivity index is 2.07. The van der Waals surface area contributed by atoms with Gasteiger partial charge in [0.2, 0.25) is 5.78 Å². The summed E-state index contributed by atoms with van der Waals surface area (Å²) in [5.74, 6) is -1.14. The second-order valence-corrected chi connectivity index (χ2v) is 7.47. The van der Waals surface area contributed by atoms with E-state index in [4.69, 9.17) is 9.47 Å². The molecule has 1 N–H and O–H groups in total. The molecular formula is C24H29NO5. The van der Waals surface area contributed by atoms with Crippen LogP contribution in [0.2, 0.25) is 0 Å². The zero-order valence-corrected chi connectivity index (χ0v) is 18.2. The highest BCUT2D eigenvalue weighted by Gasteiger charge is 2.28. The summed E-state index contributed by atoms with van der Waals surface area (Å²) in [5, 5.41) is 2.71. The van der Waals surface area contributed by atoms with E-state index in [2.05, 4.69) is 5.32 Å². The monoisotopic (exact) mass is 411 g/mol. The van der Waals surface area contributed by atoms with Gasteiger partial charge in [-0.05, 0) is 50.5 Å². The van der Waals surface area contributed by atoms with Gasteiger partial charge in [-0.25, -0.2) is 4.79 Å². The number of ether oxygens (including phenoxy) is 2. The van der Waals surface area contributed by atoms with Gasteiger partial charge in [-0.1, -0.05) is 43.7 Å². The molecule has 6 nitrogen and oxygen atoms in total. The first kappa shape index (κ1) is 23.1. The van der Waals surface area contributed by atoms with Crippen molar-refractivity contribution in [2.75, 3.05) is 13.2 Å². The van der Waals surface area contributed by atoms with E-state index >= 15 is 0 Å². The van der Waals surface area contributed by atoms with Crippen molar-refractivity contribution in [2.24, 2.45) is 5.92 Å². The van der Waals surface area contributed by atoms with Crippen molar-refractivity contribution in [1.82, 2.24) is 5.32 Å². The fourth-order valence-electron chi connectivity index (χ4n) is 2.99. The van der Waals surface area contributed by atoms with Crippen molar-refractivity contribution in [3.63, 3.8) is 0 Å². The Morgan fingerprint density at radius 1 is 1.00 bits per heavy atom. The van der Waals surface area contributed by atoms with E-state index in [1.807, 2.05) is 32.9 Å². The van der Waals surface area contributed by atoms with Crippen LogP contribution >= 0.6 is 0 Å². The average Bonchev–Trinajstić information content (AvgIpc) is 2.72. The minimum Gasteiger partial charge on any atom is -0.493 e. The first-order valence-corrected chi connectivity index (χ1v) is 10.0. The molecule has 2 rings (SSSR count). The van der Waals surface area contributed by atoms with Crippen LogP contribution in [0.3, 0.4) is 0 Å². The first-order chi connectivity index (χ1) is 14.2. The Kier molecular flexibility index (Phi) is 8.16. The number of esters is 1. The molecule has 2 aromatic rings. The Morgan fingerprint density at radius 3 is 2.37 bits per heavy atom. The fourth-order valence-corrected chi connectivity index (χ4v) is 2.99. The second kappa shape index (κ2) is 10.6. The number of amides is 1. The molecule has 0 bridgehead atoms. The number of hydrogen-bond donors (Lipinski definition) is 1. The van der Waals surface area contributed by atoms with E-state index in [-0.39, 0.29) is 18.3 Å². The Labute approximate surface area is 177 Å². The Bertz CT molecular complexity index is 920. The summed E-state index contributed by atoms with van der Waals surface area (Å²) in [6.07, 6.45) is 0. The summed E-state index contributed by atoms with van der Waals surface area (Å²) < 4.78 is 10.7. The highest BCUT2D eigenvalue weighted by atomic mass is 16.5. The van der Waals surface area contributed by atoms with Crippen LogP contribution in [-0.2, 0) is 9.53 Å². The lowest BCUT2D eigenvalue weighted by Gasteiger charge is -2.21. The minimum absolute atomic E-state index is 0.225. The molecule has 160 valence electrons. The highest BCUT2D eigenvalue weighted by molar-refractivity contribution is 6.01. The van der Waals surface area contributed by atoms with Crippen molar-refractivity contribution in [3.05, 3.63) is 64.7 Å². The SMILES string of the molecule is CCOc1ccccc1C(=O)N[C@H](C(=O)OCC(=O)c1cc(C)ccc1C)C(C)C. The smallest absolute Gasteiger partial charge is 0.329 e. The van der Waals surface area contributed by atoms with Crippen molar-refractivity contribution in [1.29, 1.82) is 0 Å². The fraction of sp³-hybridized carbons (Fsp3) is 0.375. The average molecular weight is 411 g/mol. The van der Waals surface area contributed by atoms with Crippen molar-refractivity contribution >= 4 is 17.7 Å². The number of hydrogen-bond acceptors (Lipinski definition) is 5. The number of ketones is 1. The van der Waals surface area contributed by atoms with Gasteiger partial charge in [-0.3, -0.25) is 9.59 Å².